The molecule has 204 valence electrons. The van der Waals surface area contributed by atoms with Crippen molar-refractivity contribution in [2.45, 2.75) is 63.1 Å². The summed E-state index contributed by atoms with van der Waals surface area (Å²) in [5.41, 5.74) is 1.06. The van der Waals surface area contributed by atoms with Crippen LogP contribution in [0.1, 0.15) is 49.7 Å². The van der Waals surface area contributed by atoms with Gasteiger partial charge in [0.15, 0.2) is 11.5 Å². The second-order valence-corrected chi connectivity index (χ2v) is 11.8. The van der Waals surface area contributed by atoms with Gasteiger partial charge in [-0.05, 0) is 105 Å². The van der Waals surface area contributed by atoms with E-state index in [1.165, 1.54) is 49.7 Å². The molecule has 1 amide bonds. The Morgan fingerprint density at radius 1 is 1.13 bits per heavy atom. The number of nitrogens with zero attached hydrogens (tertiary/aromatic N) is 2. The number of aliphatic hydroxyl groups is 1. The van der Waals surface area contributed by atoms with Crippen LogP contribution in [0.2, 0.25) is 0 Å². The number of fused-ring (bicyclic) bond motifs is 3. The molecule has 4 aliphatic rings. The van der Waals surface area contributed by atoms with E-state index in [9.17, 15) is 14.3 Å². The van der Waals surface area contributed by atoms with Gasteiger partial charge in [0.1, 0.15) is 5.82 Å². The molecule has 0 aromatic heterocycles. The van der Waals surface area contributed by atoms with E-state index in [1.54, 1.807) is 24.3 Å². The zero-order chi connectivity index (χ0) is 27.0. The highest BCUT2D eigenvalue weighted by molar-refractivity contribution is 5.91. The van der Waals surface area contributed by atoms with E-state index in [4.69, 9.17) is 10.2 Å². The number of hydrogen-bond donors (Lipinski definition) is 3. The molecule has 6 rings (SSSR count). The molecule has 1 heterocycles. The van der Waals surface area contributed by atoms with Gasteiger partial charge in [0.05, 0.1) is 5.60 Å². The number of benzene rings is 2. The minimum Gasteiger partial charge on any atom is -0.504 e. The lowest BCUT2D eigenvalue weighted by molar-refractivity contribution is -0.138. The number of likely N-dealkylation sites (tertiary alicyclic amines) is 1. The van der Waals surface area contributed by atoms with E-state index in [-0.39, 0.29) is 29.3 Å². The molecule has 6 nitrogen and oxygen atoms in total. The van der Waals surface area contributed by atoms with Gasteiger partial charge in [-0.2, -0.15) is 0 Å². The first kappa shape index (κ1) is 26.7. The minimum absolute atomic E-state index is 0.0546. The van der Waals surface area contributed by atoms with Crippen molar-refractivity contribution in [3.05, 3.63) is 65.5 Å². The highest BCUT2D eigenvalue weighted by atomic mass is 19.1. The molecule has 1 saturated heterocycles. The summed E-state index contributed by atoms with van der Waals surface area (Å²) in [4.78, 5) is 17.0. The number of amides is 1. The standard InChI is InChI=1S/C24H31FN2O2.C7H8O2/c1-26(22(28)8-7-16-3-2-4-20(25)11-16)21-9-10-24(29)19(13-21)12-18-15-27(23(18)24)14-17-5-6-17;1-5-2-3-6(8)7(9)4-5/h2-4,7-8,11,17-19,21,23,29H,5-6,9-10,12-15H2,1H3;2-4,8-9H,1H3/b8-7+;/t18?,19?,21?,23-,24?;/m1./s1. The first-order chi connectivity index (χ1) is 18.1. The number of aromatic hydroxyl groups is 2. The maximum absolute atomic E-state index is 13.3. The Bertz CT molecular complexity index is 1200. The Hall–Kier alpha value is -2.90. The summed E-state index contributed by atoms with van der Waals surface area (Å²) >= 11 is 0. The fourth-order valence-corrected chi connectivity index (χ4v) is 6.79. The van der Waals surface area contributed by atoms with Crippen molar-refractivity contribution in [2.24, 2.45) is 17.8 Å². The summed E-state index contributed by atoms with van der Waals surface area (Å²) < 4.78 is 13.3. The van der Waals surface area contributed by atoms with Gasteiger partial charge in [0.2, 0.25) is 5.91 Å². The molecule has 3 aliphatic carbocycles. The minimum atomic E-state index is -0.560. The van der Waals surface area contributed by atoms with Gasteiger partial charge in [-0.15, -0.1) is 0 Å². The lowest BCUT2D eigenvalue weighted by atomic mass is 9.72. The van der Waals surface area contributed by atoms with Crippen molar-refractivity contribution in [2.75, 3.05) is 20.1 Å². The quantitative estimate of drug-likeness (QED) is 0.391. The number of rotatable bonds is 5. The van der Waals surface area contributed by atoms with Crippen molar-refractivity contribution in [1.82, 2.24) is 9.80 Å². The SMILES string of the molecule is CN(C(=O)/C=C/c1cccc(F)c1)C1CCC2(O)C(CC3CN(CC4CC4)[C@H]32)C1.Cc1ccc(O)c(O)c1. The second kappa shape index (κ2) is 10.7. The summed E-state index contributed by atoms with van der Waals surface area (Å²) in [5, 5.41) is 29.2. The lowest BCUT2D eigenvalue weighted by Crippen LogP contribution is -2.65. The second-order valence-electron chi connectivity index (χ2n) is 11.8. The van der Waals surface area contributed by atoms with Gasteiger partial charge in [0, 0.05) is 38.3 Å². The number of halogens is 1. The van der Waals surface area contributed by atoms with Gasteiger partial charge >= 0.3 is 0 Å². The molecule has 0 bridgehead atoms. The predicted molar refractivity (Wildman–Crippen MR) is 145 cm³/mol. The van der Waals surface area contributed by atoms with Crippen molar-refractivity contribution in [3.63, 3.8) is 0 Å². The number of carbonyl (C=O) groups is 1. The summed E-state index contributed by atoms with van der Waals surface area (Å²) in [6.07, 6.45) is 9.54. The molecule has 3 saturated carbocycles. The van der Waals surface area contributed by atoms with Crippen LogP contribution in [0.15, 0.2) is 48.5 Å². The van der Waals surface area contributed by atoms with Crippen LogP contribution in [-0.2, 0) is 4.79 Å². The maximum atomic E-state index is 13.3. The first-order valence-corrected chi connectivity index (χ1v) is 13.8. The Kier molecular flexibility index (Phi) is 7.51. The number of phenolic OH excluding ortho intramolecular Hbond substituents is 2. The molecule has 1 aliphatic heterocycles. The fourth-order valence-electron chi connectivity index (χ4n) is 6.79. The monoisotopic (exact) mass is 522 g/mol. The van der Waals surface area contributed by atoms with Gasteiger partial charge in [-0.25, -0.2) is 4.39 Å². The molecule has 0 spiro atoms. The molecule has 4 fully saturated rings. The van der Waals surface area contributed by atoms with E-state index in [0.29, 0.717) is 23.4 Å². The normalized spacial score (nSPS) is 30.1. The number of likely N-dealkylation sites (N-methyl/N-ethyl adjacent to an activating group) is 1. The van der Waals surface area contributed by atoms with Gasteiger partial charge < -0.3 is 20.2 Å². The van der Waals surface area contributed by atoms with E-state index in [1.807, 2.05) is 18.9 Å². The molecule has 2 aromatic rings. The van der Waals surface area contributed by atoms with Gasteiger partial charge in [-0.3, -0.25) is 9.69 Å². The largest absolute Gasteiger partial charge is 0.504 e. The zero-order valence-corrected chi connectivity index (χ0v) is 22.3. The van der Waals surface area contributed by atoms with Crippen LogP contribution in [0.5, 0.6) is 11.5 Å². The van der Waals surface area contributed by atoms with Crippen LogP contribution in [0.25, 0.3) is 6.08 Å². The summed E-state index contributed by atoms with van der Waals surface area (Å²) in [7, 11) is 1.86. The molecule has 4 unspecified atom stereocenters. The van der Waals surface area contributed by atoms with Gasteiger partial charge in [0.25, 0.3) is 0 Å². The van der Waals surface area contributed by atoms with Crippen molar-refractivity contribution in [1.29, 1.82) is 0 Å². The predicted octanol–water partition coefficient (Wildman–Crippen LogP) is 4.72. The van der Waals surface area contributed by atoms with E-state index in [0.717, 1.165) is 43.7 Å². The van der Waals surface area contributed by atoms with E-state index in [2.05, 4.69) is 4.90 Å². The number of carbonyl (C=O) groups excluding carboxylic acids is 1. The molecular formula is C31H39FN2O4. The fraction of sp³-hybridized carbons (Fsp3) is 0.516. The molecular weight excluding hydrogens is 483 g/mol. The number of aryl methyl sites for hydroxylation is 1. The third-order valence-electron chi connectivity index (χ3n) is 9.03. The Morgan fingerprint density at radius 2 is 1.92 bits per heavy atom. The van der Waals surface area contributed by atoms with Crippen LogP contribution in [0, 0.1) is 30.5 Å². The first-order valence-electron chi connectivity index (χ1n) is 13.8. The zero-order valence-electron chi connectivity index (χ0n) is 22.3. The summed E-state index contributed by atoms with van der Waals surface area (Å²) in [6, 6.07) is 11.5. The van der Waals surface area contributed by atoms with Crippen molar-refractivity contribution in [3.8, 4) is 11.5 Å². The third-order valence-corrected chi connectivity index (χ3v) is 9.03. The topological polar surface area (TPSA) is 84.2 Å². The van der Waals surface area contributed by atoms with Crippen molar-refractivity contribution >= 4 is 12.0 Å². The summed E-state index contributed by atoms with van der Waals surface area (Å²) in [5.74, 6) is 1.31. The van der Waals surface area contributed by atoms with Gasteiger partial charge in [-0.1, -0.05) is 18.2 Å². The average Bonchev–Trinajstić information content (AvgIpc) is 3.66. The Labute approximate surface area is 224 Å². The number of hydrogen-bond acceptors (Lipinski definition) is 5. The molecule has 0 radical (unpaired) electrons. The highest BCUT2D eigenvalue weighted by Crippen LogP contribution is 2.55. The lowest BCUT2D eigenvalue weighted by Gasteiger charge is -2.53. The van der Waals surface area contributed by atoms with Crippen LogP contribution in [0.3, 0.4) is 0 Å². The molecule has 38 heavy (non-hydrogen) atoms. The van der Waals surface area contributed by atoms with Crippen molar-refractivity contribution < 1.29 is 24.5 Å². The van der Waals surface area contributed by atoms with E-state index >= 15 is 0 Å². The van der Waals surface area contributed by atoms with Crippen LogP contribution < -0.4 is 0 Å². The molecule has 5 atom stereocenters. The highest BCUT2D eigenvalue weighted by Gasteiger charge is 2.63. The Balaban J connectivity index is 0.000000278. The third kappa shape index (κ3) is 5.59. The average molecular weight is 523 g/mol. The van der Waals surface area contributed by atoms with E-state index < -0.39 is 5.60 Å². The van der Waals surface area contributed by atoms with Crippen LogP contribution in [-0.4, -0.2) is 68.8 Å². The van der Waals surface area contributed by atoms with Crippen LogP contribution >= 0.6 is 0 Å². The molecule has 2 aromatic carbocycles. The summed E-state index contributed by atoms with van der Waals surface area (Å²) in [6.45, 7) is 4.16. The molecule has 3 N–H and O–H groups in total. The molecule has 7 heteroatoms. The maximum Gasteiger partial charge on any atom is 0.246 e. The Morgan fingerprint density at radius 3 is 2.61 bits per heavy atom. The smallest absolute Gasteiger partial charge is 0.246 e. The number of phenols is 2. The van der Waals surface area contributed by atoms with Crippen LogP contribution in [0.4, 0.5) is 4.39 Å².